The molecule has 0 aromatic heterocycles. The van der Waals surface area contributed by atoms with Gasteiger partial charge in [0.25, 0.3) is 8.53 Å². The van der Waals surface area contributed by atoms with E-state index >= 15 is 0 Å². The van der Waals surface area contributed by atoms with Crippen LogP contribution in [0.25, 0.3) is 0 Å². The molecule has 4 unspecified atom stereocenters. The lowest BCUT2D eigenvalue weighted by molar-refractivity contribution is 0.0162. The first kappa shape index (κ1) is 43.7. The predicted octanol–water partition coefficient (Wildman–Crippen LogP) is 6.57. The summed E-state index contributed by atoms with van der Waals surface area (Å²) in [5, 5.41) is 25.2. The number of nitrogens with one attached hydrogen (secondary N) is 2. The van der Waals surface area contributed by atoms with Crippen LogP contribution >= 0.6 is 16.0 Å². The van der Waals surface area contributed by atoms with Crippen LogP contribution in [-0.4, -0.2) is 107 Å². The smallest absolute Gasteiger partial charge is 0.259 e. The fraction of sp³-hybridized carbons (Fsp3) is 0.909. The van der Waals surface area contributed by atoms with Crippen LogP contribution in [0.5, 0.6) is 0 Å². The highest BCUT2D eigenvalue weighted by atomic mass is 31.2. The van der Waals surface area contributed by atoms with Crippen molar-refractivity contribution >= 4 is 30.6 Å². The molecule has 0 amide bonds. The number of ether oxygens (including phenoxy) is 2. The van der Waals surface area contributed by atoms with Gasteiger partial charge in [0.2, 0.25) is 0 Å². The maximum absolute atomic E-state index is 9.31. The summed E-state index contributed by atoms with van der Waals surface area (Å²) < 4.78 is 48.3. The van der Waals surface area contributed by atoms with Crippen LogP contribution in [0.15, 0.2) is 0 Å². The number of hydrogen-bond acceptors (Lipinski definition) is 12. The highest BCUT2D eigenvalue weighted by molar-refractivity contribution is 7.62. The molecule has 48 heavy (non-hydrogen) atoms. The molecular weight excluding hydrogens is 668 g/mol. The molecule has 2 heterocycles. The SMILES string of the molecule is C=P(NC[C@H]1O[C@@H](C)C(C)[C@H]1OP(OCCC#N)N(C(C)C)C(C)C)(OCCC#N)O[C@@H]1C(O[Si](C)(C)C(C)(C)C)[C@H](C)O[C@@H]1CNC. The zero-order valence-corrected chi connectivity index (χ0v) is 34.6. The summed E-state index contributed by atoms with van der Waals surface area (Å²) in [6.07, 6.45) is 3.01. The van der Waals surface area contributed by atoms with Crippen LogP contribution in [0, 0.1) is 28.6 Å². The second-order valence-corrected chi connectivity index (χ2v) is 23.3. The average molecular weight is 734 g/mol. The Balaban J connectivity index is 2.38. The molecule has 0 spiro atoms. The number of nitriles is 2. The maximum Gasteiger partial charge on any atom is 0.259 e. The van der Waals surface area contributed by atoms with Crippen LogP contribution in [0.1, 0.15) is 82.1 Å². The molecule has 0 aliphatic carbocycles. The highest BCUT2D eigenvalue weighted by Gasteiger charge is 2.51. The molecule has 2 aliphatic heterocycles. The molecule has 12 nitrogen and oxygen atoms in total. The minimum atomic E-state index is -3.04. The molecule has 2 aliphatic rings. The Kier molecular flexibility index (Phi) is 17.6. The van der Waals surface area contributed by atoms with Crippen molar-refractivity contribution in [1.29, 1.82) is 10.5 Å². The lowest BCUT2D eigenvalue weighted by Crippen LogP contribution is -2.50. The Morgan fingerprint density at radius 1 is 0.917 bits per heavy atom. The standard InChI is InChI=1S/C33H65N5O7P2Si/c1-23(2)38(24(3)4)46(39-19-15-17-34)43-30-25(5)26(6)41-29(30)22-37-47(12,40-20-16-18-35)44-32-28(21-36-11)42-27(7)31(32)45-48(13,14)33(8,9)10/h23-32,36-37H,12,15-16,19-22H2,1-11,13-14H3/t25?,26-,27-,28+,29+,30+,31?,32-,46?,47?/m0/s1. The van der Waals surface area contributed by atoms with Crippen molar-refractivity contribution in [3.63, 3.8) is 0 Å². The van der Waals surface area contributed by atoms with Crippen LogP contribution < -0.4 is 10.4 Å². The summed E-state index contributed by atoms with van der Waals surface area (Å²) >= 11 is 0. The van der Waals surface area contributed by atoms with Gasteiger partial charge in [-0.25, -0.2) is 4.67 Å². The molecule has 0 aromatic rings. The van der Waals surface area contributed by atoms with Gasteiger partial charge in [0.1, 0.15) is 12.2 Å². The first-order chi connectivity index (χ1) is 22.3. The van der Waals surface area contributed by atoms with E-state index in [9.17, 15) is 5.26 Å². The van der Waals surface area contributed by atoms with Crippen molar-refractivity contribution < 1.29 is 32.0 Å². The van der Waals surface area contributed by atoms with Gasteiger partial charge in [-0.2, -0.15) is 10.5 Å². The van der Waals surface area contributed by atoms with Crippen molar-refractivity contribution in [2.24, 2.45) is 5.92 Å². The molecule has 2 N–H and O–H groups in total. The van der Waals surface area contributed by atoms with E-state index in [4.69, 9.17) is 37.3 Å². The van der Waals surface area contributed by atoms with Crippen molar-refractivity contribution in [2.75, 3.05) is 33.4 Å². The lowest BCUT2D eigenvalue weighted by Gasteiger charge is -2.41. The second kappa shape index (κ2) is 19.4. The molecule has 2 rings (SSSR count). The van der Waals surface area contributed by atoms with Gasteiger partial charge < -0.3 is 37.3 Å². The zero-order valence-electron chi connectivity index (χ0n) is 31.8. The minimum Gasteiger partial charge on any atom is -0.409 e. The number of hydrogen-bond donors (Lipinski definition) is 2. The quantitative estimate of drug-likeness (QED) is 0.0795. The third kappa shape index (κ3) is 12.1. The highest BCUT2D eigenvalue weighted by Crippen LogP contribution is 2.52. The van der Waals surface area contributed by atoms with E-state index in [1.54, 1.807) is 0 Å². The molecule has 15 heteroatoms. The Labute approximate surface area is 294 Å². The Hall–Kier alpha value is -0.473. The summed E-state index contributed by atoms with van der Waals surface area (Å²) in [6, 6.07) is 4.68. The fourth-order valence-corrected chi connectivity index (χ4v) is 10.6. The van der Waals surface area contributed by atoms with Gasteiger partial charge in [0.05, 0.1) is 68.7 Å². The molecule has 2 saturated heterocycles. The summed E-state index contributed by atoms with van der Waals surface area (Å²) in [5.74, 6) is 0.0759. The molecule has 0 bridgehead atoms. The van der Waals surface area contributed by atoms with E-state index < -0.39 is 30.4 Å². The molecule has 0 aromatic carbocycles. The summed E-state index contributed by atoms with van der Waals surface area (Å²) in [4.78, 5) is 0. The monoisotopic (exact) mass is 733 g/mol. The van der Waals surface area contributed by atoms with Gasteiger partial charge in [-0.05, 0) is 73.0 Å². The van der Waals surface area contributed by atoms with E-state index in [2.05, 4.69) is 109 Å². The first-order valence-corrected chi connectivity index (χ1v) is 23.2. The number of nitrogens with zero attached hydrogens (tertiary/aromatic N) is 3. The van der Waals surface area contributed by atoms with E-state index in [-0.39, 0.29) is 79.1 Å². The van der Waals surface area contributed by atoms with E-state index in [0.29, 0.717) is 19.7 Å². The molecular formula is C33H65N5O7P2Si. The van der Waals surface area contributed by atoms with Crippen molar-refractivity contribution in [2.45, 2.75) is 155 Å². The second-order valence-electron chi connectivity index (χ2n) is 15.0. The Morgan fingerprint density at radius 3 is 2.02 bits per heavy atom. The molecule has 2 fully saturated rings. The third-order valence-corrected chi connectivity index (χ3v) is 17.9. The Bertz CT molecular complexity index is 1110. The molecule has 0 radical (unpaired) electrons. The summed E-state index contributed by atoms with van der Waals surface area (Å²) in [6.45, 7) is 27.2. The van der Waals surface area contributed by atoms with Crippen LogP contribution in [-0.2, 0) is 32.0 Å². The van der Waals surface area contributed by atoms with E-state index in [0.717, 1.165) is 0 Å². The topological polar surface area (TPSA) is 139 Å². The minimum absolute atomic E-state index is 0.00272. The van der Waals surface area contributed by atoms with Gasteiger partial charge in [-0.15, -0.1) is 0 Å². The Morgan fingerprint density at radius 2 is 1.48 bits per heavy atom. The van der Waals surface area contributed by atoms with E-state index in [1.807, 2.05) is 14.0 Å². The van der Waals surface area contributed by atoms with Crippen LogP contribution in [0.4, 0.5) is 0 Å². The van der Waals surface area contributed by atoms with Gasteiger partial charge >= 0.3 is 0 Å². The lowest BCUT2D eigenvalue weighted by atomic mass is 10.00. The van der Waals surface area contributed by atoms with Gasteiger partial charge in [-0.1, -0.05) is 27.7 Å². The van der Waals surface area contributed by atoms with Gasteiger partial charge in [0, 0.05) is 31.1 Å². The summed E-state index contributed by atoms with van der Waals surface area (Å²) in [5.41, 5.74) is 0. The molecule has 10 atom stereocenters. The predicted molar refractivity (Wildman–Crippen MR) is 197 cm³/mol. The van der Waals surface area contributed by atoms with Crippen molar-refractivity contribution in [1.82, 2.24) is 15.1 Å². The fourth-order valence-electron chi connectivity index (χ4n) is 5.67. The average Bonchev–Trinajstić information content (AvgIpc) is 3.40. The zero-order chi connectivity index (χ0) is 36.4. The normalized spacial score (nSPS) is 30.1. The summed E-state index contributed by atoms with van der Waals surface area (Å²) in [7, 11) is -4.81. The first-order valence-electron chi connectivity index (χ1n) is 17.4. The van der Waals surface area contributed by atoms with E-state index in [1.165, 1.54) is 0 Å². The van der Waals surface area contributed by atoms with Crippen molar-refractivity contribution in [3.05, 3.63) is 0 Å². The van der Waals surface area contributed by atoms with Gasteiger partial charge in [0.15, 0.2) is 15.8 Å². The van der Waals surface area contributed by atoms with Crippen LogP contribution in [0.2, 0.25) is 18.1 Å². The largest absolute Gasteiger partial charge is 0.409 e. The number of likely N-dealkylation sites (N-methyl/N-ethyl adjacent to an activating group) is 1. The number of rotatable bonds is 20. The van der Waals surface area contributed by atoms with Gasteiger partial charge in [-0.3, -0.25) is 5.09 Å². The van der Waals surface area contributed by atoms with Crippen molar-refractivity contribution in [3.8, 4) is 12.1 Å². The molecule has 278 valence electrons. The third-order valence-electron chi connectivity index (χ3n) is 9.41. The molecule has 0 saturated carbocycles. The maximum atomic E-state index is 9.31. The van der Waals surface area contributed by atoms with Crippen LogP contribution in [0.3, 0.4) is 0 Å².